The number of rotatable bonds is 5. The molecule has 0 aliphatic carbocycles. The van der Waals surface area contributed by atoms with E-state index >= 15 is 0 Å². The molecule has 1 fully saturated rings. The molecule has 3 rings (SSSR count). The minimum Gasteiger partial charge on any atom is -0.494 e. The molecule has 6 nitrogen and oxygen atoms in total. The molecule has 2 aromatic rings. The van der Waals surface area contributed by atoms with E-state index in [1.54, 1.807) is 30.3 Å². The fourth-order valence-electron chi connectivity index (χ4n) is 2.77. The fraction of sp³-hybridized carbons (Fsp3) is 0.190. The summed E-state index contributed by atoms with van der Waals surface area (Å²) in [5, 5.41) is 12.7. The Labute approximate surface area is 167 Å². The summed E-state index contributed by atoms with van der Waals surface area (Å²) in [6.45, 7) is 4.30. The van der Waals surface area contributed by atoms with Gasteiger partial charge in [0.25, 0.3) is 5.91 Å². The number of anilines is 2. The number of thioether (sulfide) groups is 1. The highest BCUT2D eigenvalue weighted by Gasteiger charge is 2.33. The van der Waals surface area contributed by atoms with E-state index in [0.29, 0.717) is 28.8 Å². The van der Waals surface area contributed by atoms with Crippen LogP contribution in [0.1, 0.15) is 12.5 Å². The first-order chi connectivity index (χ1) is 13.5. The molecule has 0 unspecified atom stereocenters. The zero-order valence-corrected chi connectivity index (χ0v) is 16.4. The van der Waals surface area contributed by atoms with Crippen molar-refractivity contribution in [1.29, 1.82) is 5.26 Å². The summed E-state index contributed by atoms with van der Waals surface area (Å²) >= 11 is 1.19. The van der Waals surface area contributed by atoms with Crippen molar-refractivity contribution < 1.29 is 14.3 Å². The number of amides is 2. The number of nitriles is 1. The van der Waals surface area contributed by atoms with Crippen LogP contribution < -0.4 is 15.0 Å². The molecule has 7 heteroatoms. The molecule has 1 N–H and O–H groups in total. The van der Waals surface area contributed by atoms with Crippen LogP contribution in [0.5, 0.6) is 5.75 Å². The quantitative estimate of drug-likeness (QED) is 0.616. The highest BCUT2D eigenvalue weighted by atomic mass is 32.2. The first kappa shape index (κ1) is 19.5. The molecule has 0 saturated carbocycles. The standard InChI is InChI=1S/C21H19N3O3S/c1-3-27-16-10-8-15(9-11-16)24-19(25)13-28-21(24)17(12-22)20(26)23-18-7-5-4-6-14(18)2/h4-11H,3,13H2,1-2H3,(H,23,26)/b21-17-. The lowest BCUT2D eigenvalue weighted by molar-refractivity contribution is -0.115. The number of nitrogens with zero attached hydrogens (tertiary/aromatic N) is 2. The average molecular weight is 393 g/mol. The maximum Gasteiger partial charge on any atom is 0.269 e. The SMILES string of the molecule is CCOc1ccc(N2C(=O)CS/C2=C(/C#N)C(=O)Nc2ccccc2C)cc1. The van der Waals surface area contributed by atoms with Gasteiger partial charge in [0.2, 0.25) is 5.91 Å². The van der Waals surface area contributed by atoms with Crippen LogP contribution in [0.3, 0.4) is 0 Å². The van der Waals surface area contributed by atoms with Crippen LogP contribution in [0.15, 0.2) is 59.1 Å². The number of aryl methyl sites for hydroxylation is 1. The Hall–Kier alpha value is -3.24. The lowest BCUT2D eigenvalue weighted by atomic mass is 10.2. The Morgan fingerprint density at radius 3 is 2.61 bits per heavy atom. The summed E-state index contributed by atoms with van der Waals surface area (Å²) in [7, 11) is 0. The molecule has 0 bridgehead atoms. The lowest BCUT2D eigenvalue weighted by Crippen LogP contribution is -2.27. The van der Waals surface area contributed by atoms with Crippen LogP contribution in [0.2, 0.25) is 0 Å². The van der Waals surface area contributed by atoms with Gasteiger partial charge < -0.3 is 10.1 Å². The molecule has 2 amide bonds. The van der Waals surface area contributed by atoms with Crippen LogP contribution in [0, 0.1) is 18.3 Å². The number of benzene rings is 2. The zero-order chi connectivity index (χ0) is 20.1. The van der Waals surface area contributed by atoms with Crippen molar-refractivity contribution in [2.75, 3.05) is 22.6 Å². The highest BCUT2D eigenvalue weighted by molar-refractivity contribution is 8.04. The van der Waals surface area contributed by atoms with E-state index < -0.39 is 5.91 Å². The number of carbonyl (C=O) groups is 2. The van der Waals surface area contributed by atoms with Crippen molar-refractivity contribution in [3.63, 3.8) is 0 Å². The Morgan fingerprint density at radius 2 is 1.96 bits per heavy atom. The van der Waals surface area contributed by atoms with Gasteiger partial charge in [-0.1, -0.05) is 30.0 Å². The number of hydrogen-bond acceptors (Lipinski definition) is 5. The van der Waals surface area contributed by atoms with Crippen LogP contribution >= 0.6 is 11.8 Å². The monoisotopic (exact) mass is 393 g/mol. The Bertz CT molecular complexity index is 977. The summed E-state index contributed by atoms with van der Waals surface area (Å²) in [5.74, 6) is 0.144. The van der Waals surface area contributed by atoms with E-state index in [1.165, 1.54) is 16.7 Å². The smallest absolute Gasteiger partial charge is 0.269 e. The molecule has 1 aliphatic heterocycles. The second-order valence-electron chi connectivity index (χ2n) is 6.01. The molecule has 1 heterocycles. The van der Waals surface area contributed by atoms with Crippen LogP contribution in [-0.4, -0.2) is 24.2 Å². The van der Waals surface area contributed by atoms with Gasteiger partial charge in [0.15, 0.2) is 0 Å². The topological polar surface area (TPSA) is 82.4 Å². The van der Waals surface area contributed by atoms with E-state index in [1.807, 2.05) is 38.1 Å². The largest absolute Gasteiger partial charge is 0.494 e. The van der Waals surface area contributed by atoms with Gasteiger partial charge in [-0.3, -0.25) is 14.5 Å². The second kappa shape index (κ2) is 8.63. The first-order valence-electron chi connectivity index (χ1n) is 8.75. The lowest BCUT2D eigenvalue weighted by Gasteiger charge is -2.19. The van der Waals surface area contributed by atoms with Crippen LogP contribution in [-0.2, 0) is 9.59 Å². The van der Waals surface area contributed by atoms with E-state index in [4.69, 9.17) is 4.74 Å². The van der Waals surface area contributed by atoms with E-state index in [-0.39, 0.29) is 17.2 Å². The third-order valence-electron chi connectivity index (χ3n) is 4.14. The van der Waals surface area contributed by atoms with Gasteiger partial charge in [-0.15, -0.1) is 0 Å². The number of para-hydroxylation sites is 1. The van der Waals surface area contributed by atoms with Gasteiger partial charge >= 0.3 is 0 Å². The normalized spacial score (nSPS) is 15.2. The van der Waals surface area contributed by atoms with Gasteiger partial charge in [-0.2, -0.15) is 5.26 Å². The molecule has 0 radical (unpaired) electrons. The highest BCUT2D eigenvalue weighted by Crippen LogP contribution is 2.37. The second-order valence-corrected chi connectivity index (χ2v) is 6.97. The van der Waals surface area contributed by atoms with Crippen molar-refractivity contribution in [1.82, 2.24) is 0 Å². The van der Waals surface area contributed by atoms with Gasteiger partial charge in [0.1, 0.15) is 22.4 Å². The van der Waals surface area contributed by atoms with Gasteiger partial charge in [0.05, 0.1) is 12.4 Å². The van der Waals surface area contributed by atoms with Gasteiger partial charge in [0, 0.05) is 11.4 Å². The molecule has 1 aliphatic rings. The summed E-state index contributed by atoms with van der Waals surface area (Å²) in [6, 6.07) is 16.3. The number of hydrogen-bond donors (Lipinski definition) is 1. The summed E-state index contributed by atoms with van der Waals surface area (Å²) in [4.78, 5) is 26.6. The van der Waals surface area contributed by atoms with Crippen LogP contribution in [0.25, 0.3) is 0 Å². The molecule has 0 atom stereocenters. The molecule has 28 heavy (non-hydrogen) atoms. The minimum absolute atomic E-state index is 0.0898. The fourth-order valence-corrected chi connectivity index (χ4v) is 3.78. The van der Waals surface area contributed by atoms with Crippen molar-refractivity contribution in [2.45, 2.75) is 13.8 Å². The first-order valence-corrected chi connectivity index (χ1v) is 9.73. The third kappa shape index (κ3) is 4.02. The third-order valence-corrected chi connectivity index (χ3v) is 5.19. The maximum atomic E-state index is 12.7. The summed E-state index contributed by atoms with van der Waals surface area (Å²) in [5.41, 5.74) is 2.01. The predicted molar refractivity (Wildman–Crippen MR) is 110 cm³/mol. The number of carbonyl (C=O) groups excluding carboxylic acids is 2. The molecule has 2 aromatic carbocycles. The number of ether oxygens (including phenoxy) is 1. The molecular formula is C21H19N3O3S. The summed E-state index contributed by atoms with van der Waals surface area (Å²) < 4.78 is 5.42. The van der Waals surface area contributed by atoms with Gasteiger partial charge in [-0.25, -0.2) is 0 Å². The van der Waals surface area contributed by atoms with E-state index in [9.17, 15) is 14.9 Å². The average Bonchev–Trinajstić information content (AvgIpc) is 3.06. The van der Waals surface area contributed by atoms with Crippen molar-refractivity contribution in [3.05, 3.63) is 64.7 Å². The molecule has 142 valence electrons. The van der Waals surface area contributed by atoms with E-state index in [0.717, 1.165) is 5.56 Å². The predicted octanol–water partition coefficient (Wildman–Crippen LogP) is 3.85. The Kier molecular flexibility index (Phi) is 6.02. The number of nitrogens with one attached hydrogen (secondary N) is 1. The van der Waals surface area contributed by atoms with Gasteiger partial charge in [-0.05, 0) is 49.7 Å². The van der Waals surface area contributed by atoms with E-state index in [2.05, 4.69) is 5.32 Å². The van der Waals surface area contributed by atoms with Crippen molar-refractivity contribution in [2.24, 2.45) is 0 Å². The molecular weight excluding hydrogens is 374 g/mol. The molecule has 0 aromatic heterocycles. The maximum absolute atomic E-state index is 12.7. The summed E-state index contributed by atoms with van der Waals surface area (Å²) in [6.07, 6.45) is 0. The molecule has 1 saturated heterocycles. The zero-order valence-electron chi connectivity index (χ0n) is 15.6. The van der Waals surface area contributed by atoms with Crippen LogP contribution in [0.4, 0.5) is 11.4 Å². The van der Waals surface area contributed by atoms with Crippen molar-refractivity contribution in [3.8, 4) is 11.8 Å². The molecule has 0 spiro atoms. The van der Waals surface area contributed by atoms with Crippen molar-refractivity contribution >= 4 is 35.0 Å². The Morgan fingerprint density at radius 1 is 1.25 bits per heavy atom. The Balaban J connectivity index is 1.93. The minimum atomic E-state index is -0.537.